The van der Waals surface area contributed by atoms with Crippen molar-refractivity contribution in [3.8, 4) is 0 Å². The van der Waals surface area contributed by atoms with E-state index in [0.29, 0.717) is 17.4 Å². The molecule has 79 heavy (non-hydrogen) atoms. The minimum Gasteiger partial charge on any atom is -0.756 e. The number of phosphoric ester groups is 1. The first-order chi connectivity index (χ1) is 38.5. The monoisotopic (exact) mass is 1120 g/mol. The highest BCUT2D eigenvalue weighted by Crippen LogP contribution is 2.38. The Bertz CT molecular complexity index is 1560. The summed E-state index contributed by atoms with van der Waals surface area (Å²) >= 11 is 0. The van der Waals surface area contributed by atoms with E-state index in [-0.39, 0.29) is 12.5 Å². The Labute approximate surface area is 490 Å². The summed E-state index contributed by atoms with van der Waals surface area (Å²) in [5, 5.41) is 13.9. The Balaban J connectivity index is 4.17. The lowest BCUT2D eigenvalue weighted by atomic mass is 10.0. The molecule has 8 nitrogen and oxygen atoms in total. The third-order valence-corrected chi connectivity index (χ3v) is 15.8. The number of rotatable bonds is 61. The maximum atomic E-state index is 13.0. The number of amides is 1. The number of phosphoric acid groups is 1. The largest absolute Gasteiger partial charge is 0.756 e. The van der Waals surface area contributed by atoms with Crippen LogP contribution in [0.1, 0.15) is 303 Å². The van der Waals surface area contributed by atoms with Gasteiger partial charge in [0.15, 0.2) is 0 Å². The van der Waals surface area contributed by atoms with Gasteiger partial charge in [-0.1, -0.05) is 298 Å². The molecule has 0 rings (SSSR count). The van der Waals surface area contributed by atoms with E-state index in [0.717, 1.165) is 70.6 Å². The van der Waals surface area contributed by atoms with Crippen LogP contribution in [0.25, 0.3) is 0 Å². The molecule has 3 unspecified atom stereocenters. The Morgan fingerprint density at radius 2 is 0.785 bits per heavy atom. The first-order valence-corrected chi connectivity index (χ1v) is 34.9. The molecule has 9 heteroatoms. The number of carbonyl (C=O) groups excluding carboxylic acids is 1. The number of nitrogens with one attached hydrogen (secondary N) is 1. The number of likely N-dealkylation sites (N-methyl/N-ethyl adjacent to an activating group) is 1. The third kappa shape index (κ3) is 63.1. The first-order valence-electron chi connectivity index (χ1n) is 33.4. The van der Waals surface area contributed by atoms with Crippen LogP contribution in [0.2, 0.25) is 0 Å². The average Bonchev–Trinajstić information content (AvgIpc) is 3.42. The number of aliphatic hydroxyl groups is 1. The van der Waals surface area contributed by atoms with E-state index in [9.17, 15) is 19.4 Å². The van der Waals surface area contributed by atoms with Gasteiger partial charge in [-0.15, -0.1) is 0 Å². The van der Waals surface area contributed by atoms with Crippen molar-refractivity contribution in [2.24, 2.45) is 0 Å². The SMILES string of the molecule is CC/C=C\C/C=C\C/C=C\C/C=C\CCCCCCCCCCCCCCCCC(=O)NC(COP(=O)([O-])OCC[N+](C)(C)C)C(O)/C=C/CC/C=C/CC/C=C/CCCCCCCCCCCCCCCCCCCCCC. The van der Waals surface area contributed by atoms with Crippen LogP contribution in [-0.4, -0.2) is 68.5 Å². The molecular weight excluding hydrogens is 996 g/mol. The summed E-state index contributed by atoms with van der Waals surface area (Å²) in [6.07, 6.45) is 85.6. The van der Waals surface area contributed by atoms with Crippen LogP contribution >= 0.6 is 7.82 Å². The van der Waals surface area contributed by atoms with E-state index >= 15 is 0 Å². The second kappa shape index (κ2) is 60.3. The second-order valence-corrected chi connectivity index (χ2v) is 25.2. The minimum absolute atomic E-state index is 0.0117. The van der Waals surface area contributed by atoms with Crippen LogP contribution in [0, 0.1) is 0 Å². The maximum absolute atomic E-state index is 13.0. The zero-order valence-electron chi connectivity index (χ0n) is 52.6. The van der Waals surface area contributed by atoms with E-state index in [1.54, 1.807) is 6.08 Å². The number of aliphatic hydroxyl groups excluding tert-OH is 1. The Morgan fingerprint density at radius 1 is 0.456 bits per heavy atom. The fourth-order valence-corrected chi connectivity index (χ4v) is 10.4. The van der Waals surface area contributed by atoms with E-state index in [1.807, 2.05) is 27.2 Å². The first kappa shape index (κ1) is 76.7. The molecular formula is C70H129N2O6P. The Morgan fingerprint density at radius 3 is 1.18 bits per heavy atom. The van der Waals surface area contributed by atoms with Gasteiger partial charge in [0, 0.05) is 6.42 Å². The normalized spacial score (nSPS) is 14.3. The second-order valence-electron chi connectivity index (χ2n) is 23.8. The van der Waals surface area contributed by atoms with Gasteiger partial charge in [-0.25, -0.2) is 0 Å². The van der Waals surface area contributed by atoms with E-state index in [4.69, 9.17) is 9.05 Å². The van der Waals surface area contributed by atoms with Crippen molar-refractivity contribution in [2.75, 3.05) is 40.9 Å². The smallest absolute Gasteiger partial charge is 0.268 e. The highest BCUT2D eigenvalue weighted by Gasteiger charge is 2.23. The standard InChI is InChI=1S/C70H129N2O6P/c1-6-8-10-12-14-16-18-20-22-24-26-28-30-32-34-35-36-38-39-41-43-45-47-49-51-53-55-57-59-61-63-69(73)68(67-78-79(75,76)77-66-65-72(3,4)5)71-70(74)64-62-60-58-56-54-52-50-48-46-44-42-40-37-33-31-29-27-25-23-21-19-17-15-13-11-9-7-2/h9,11,15,17,21,23,27,29,45,47,53,55,61,63,68-69,73H,6-8,10,12-14,16,18-20,22,24-26,28,30-44,46,48-52,54,56-60,62,64-67H2,1-5H3,(H-,71,74,75,76)/b11-9-,17-15-,23-21-,29-27-,47-45+,55-53+,63-61+. The molecule has 0 radical (unpaired) electrons. The van der Waals surface area contributed by atoms with Crippen molar-refractivity contribution >= 4 is 13.7 Å². The molecule has 0 aromatic heterocycles. The van der Waals surface area contributed by atoms with Crippen molar-refractivity contribution in [2.45, 2.75) is 315 Å². The predicted molar refractivity (Wildman–Crippen MR) is 343 cm³/mol. The van der Waals surface area contributed by atoms with Crippen LogP contribution in [-0.2, 0) is 18.4 Å². The number of nitrogens with zero attached hydrogens (tertiary/aromatic N) is 1. The van der Waals surface area contributed by atoms with Gasteiger partial charge in [-0.05, 0) is 83.5 Å². The van der Waals surface area contributed by atoms with E-state index in [2.05, 4.69) is 92.1 Å². The third-order valence-electron chi connectivity index (χ3n) is 14.8. The topological polar surface area (TPSA) is 108 Å². The van der Waals surface area contributed by atoms with Gasteiger partial charge in [-0.3, -0.25) is 9.36 Å². The molecule has 2 N–H and O–H groups in total. The summed E-state index contributed by atoms with van der Waals surface area (Å²) in [5.41, 5.74) is 0. The molecule has 0 heterocycles. The van der Waals surface area contributed by atoms with Crippen LogP contribution in [0.4, 0.5) is 0 Å². The van der Waals surface area contributed by atoms with Crippen molar-refractivity contribution < 1.29 is 32.9 Å². The zero-order chi connectivity index (χ0) is 57.7. The molecule has 0 aliphatic heterocycles. The van der Waals surface area contributed by atoms with Crippen molar-refractivity contribution in [3.63, 3.8) is 0 Å². The van der Waals surface area contributed by atoms with Gasteiger partial charge in [-0.2, -0.15) is 0 Å². The number of unbranched alkanes of at least 4 members (excludes halogenated alkanes) is 36. The molecule has 0 bridgehead atoms. The van der Waals surface area contributed by atoms with Gasteiger partial charge < -0.3 is 28.8 Å². The van der Waals surface area contributed by atoms with Crippen molar-refractivity contribution in [1.82, 2.24) is 5.32 Å². The molecule has 460 valence electrons. The molecule has 0 spiro atoms. The maximum Gasteiger partial charge on any atom is 0.268 e. The van der Waals surface area contributed by atoms with Gasteiger partial charge in [0.05, 0.1) is 39.9 Å². The summed E-state index contributed by atoms with van der Waals surface area (Å²) in [5.74, 6) is -0.212. The van der Waals surface area contributed by atoms with Crippen LogP contribution in [0.15, 0.2) is 85.1 Å². The summed E-state index contributed by atoms with van der Waals surface area (Å²) < 4.78 is 23.4. The van der Waals surface area contributed by atoms with Crippen molar-refractivity contribution in [3.05, 3.63) is 85.1 Å². The fraction of sp³-hybridized carbons (Fsp3) is 0.786. The molecule has 0 aromatic carbocycles. The fourth-order valence-electron chi connectivity index (χ4n) is 9.65. The van der Waals surface area contributed by atoms with Crippen molar-refractivity contribution in [1.29, 1.82) is 0 Å². The minimum atomic E-state index is -4.62. The van der Waals surface area contributed by atoms with Gasteiger partial charge in [0.2, 0.25) is 5.91 Å². The zero-order valence-corrected chi connectivity index (χ0v) is 53.5. The molecule has 0 saturated heterocycles. The summed E-state index contributed by atoms with van der Waals surface area (Å²) in [4.78, 5) is 25.6. The summed E-state index contributed by atoms with van der Waals surface area (Å²) in [7, 11) is 1.23. The Hall–Kier alpha value is -2.32. The Kier molecular flexibility index (Phi) is 58.5. The number of quaternary nitrogens is 1. The average molecular weight is 1130 g/mol. The van der Waals surface area contributed by atoms with Gasteiger partial charge >= 0.3 is 0 Å². The molecule has 3 atom stereocenters. The van der Waals surface area contributed by atoms with Crippen LogP contribution in [0.3, 0.4) is 0 Å². The number of hydrogen-bond donors (Lipinski definition) is 2. The highest BCUT2D eigenvalue weighted by atomic mass is 31.2. The number of carbonyl (C=O) groups is 1. The molecule has 0 saturated carbocycles. The molecule has 0 aliphatic carbocycles. The van der Waals surface area contributed by atoms with Crippen LogP contribution in [0.5, 0.6) is 0 Å². The highest BCUT2D eigenvalue weighted by molar-refractivity contribution is 7.45. The summed E-state index contributed by atoms with van der Waals surface area (Å²) in [6, 6.07) is -0.916. The number of allylic oxidation sites excluding steroid dienone is 13. The predicted octanol–water partition coefficient (Wildman–Crippen LogP) is 20.5. The molecule has 1 amide bonds. The molecule has 0 aromatic rings. The number of hydrogen-bond acceptors (Lipinski definition) is 6. The van der Waals surface area contributed by atoms with Gasteiger partial charge in [0.1, 0.15) is 13.2 Å². The lowest BCUT2D eigenvalue weighted by Gasteiger charge is -2.29. The van der Waals surface area contributed by atoms with Gasteiger partial charge in [0.25, 0.3) is 7.82 Å². The quantitative estimate of drug-likeness (QED) is 0.0272. The van der Waals surface area contributed by atoms with E-state index in [1.165, 1.54) is 212 Å². The molecule has 0 fully saturated rings. The van der Waals surface area contributed by atoms with Crippen LogP contribution < -0.4 is 10.2 Å². The lowest BCUT2D eigenvalue weighted by Crippen LogP contribution is -2.45. The summed E-state index contributed by atoms with van der Waals surface area (Å²) in [6.45, 7) is 4.54. The van der Waals surface area contributed by atoms with E-state index < -0.39 is 26.6 Å². The molecule has 0 aliphatic rings. The lowest BCUT2D eigenvalue weighted by molar-refractivity contribution is -0.870.